The fourth-order valence-electron chi connectivity index (χ4n) is 3.82. The van der Waals surface area contributed by atoms with Crippen LogP contribution in [-0.2, 0) is 4.74 Å². The van der Waals surface area contributed by atoms with Crippen molar-refractivity contribution in [2.75, 3.05) is 24.6 Å². The molecule has 1 aromatic rings. The van der Waals surface area contributed by atoms with Crippen LogP contribution < -0.4 is 4.90 Å². The van der Waals surface area contributed by atoms with Gasteiger partial charge in [-0.05, 0) is 42.7 Å². The maximum Gasteiger partial charge on any atom is 0.266 e. The maximum atomic E-state index is 5.94. The van der Waals surface area contributed by atoms with Gasteiger partial charge in [0.1, 0.15) is 6.10 Å². The Kier molecular flexibility index (Phi) is 2.76. The van der Waals surface area contributed by atoms with Crippen molar-refractivity contribution in [2.45, 2.75) is 51.0 Å². The topological polar surface area (TPSA) is 51.4 Å². The average Bonchev–Trinajstić information content (AvgIpc) is 3.19. The lowest BCUT2D eigenvalue weighted by Crippen LogP contribution is -2.19. The second-order valence-electron chi connectivity index (χ2n) is 6.34. The molecule has 2 aliphatic heterocycles. The molecule has 5 nitrogen and oxygen atoms in total. The van der Waals surface area contributed by atoms with Crippen molar-refractivity contribution in [3.8, 4) is 0 Å². The van der Waals surface area contributed by atoms with Crippen molar-refractivity contribution in [2.24, 2.45) is 5.41 Å². The zero-order chi connectivity index (χ0) is 12.7. The lowest BCUT2D eigenvalue weighted by atomic mass is 9.84. The molecular weight excluding hydrogens is 242 g/mol. The summed E-state index contributed by atoms with van der Waals surface area (Å²) < 4.78 is 11.4. The van der Waals surface area contributed by atoms with Crippen molar-refractivity contribution in [1.29, 1.82) is 0 Å². The Bertz CT molecular complexity index is 447. The first-order valence-electron chi connectivity index (χ1n) is 7.55. The Morgan fingerprint density at radius 2 is 1.89 bits per heavy atom. The van der Waals surface area contributed by atoms with E-state index in [0.717, 1.165) is 32.1 Å². The Labute approximate surface area is 113 Å². The normalized spacial score (nSPS) is 29.7. The predicted molar refractivity (Wildman–Crippen MR) is 70.0 cm³/mol. The fourth-order valence-corrected chi connectivity index (χ4v) is 3.82. The highest BCUT2D eigenvalue weighted by atomic mass is 16.5. The summed E-state index contributed by atoms with van der Waals surface area (Å²) in [6.45, 7) is 2.97. The molecule has 0 amide bonds. The third-order valence-electron chi connectivity index (χ3n) is 4.97. The summed E-state index contributed by atoms with van der Waals surface area (Å²) in [6, 6.07) is 0. The molecule has 104 valence electrons. The van der Waals surface area contributed by atoms with E-state index in [2.05, 4.69) is 15.0 Å². The Balaban J connectivity index is 1.47. The van der Waals surface area contributed by atoms with Crippen LogP contribution in [0.1, 0.15) is 56.9 Å². The molecule has 1 saturated carbocycles. The van der Waals surface area contributed by atoms with Crippen LogP contribution in [0.5, 0.6) is 0 Å². The molecule has 1 spiro atoms. The molecule has 19 heavy (non-hydrogen) atoms. The van der Waals surface area contributed by atoms with Gasteiger partial charge in [-0.25, -0.2) is 0 Å². The van der Waals surface area contributed by atoms with E-state index in [1.165, 1.54) is 38.5 Å². The molecule has 5 heteroatoms. The van der Waals surface area contributed by atoms with Gasteiger partial charge in [0.15, 0.2) is 0 Å². The fraction of sp³-hybridized carbons (Fsp3) is 0.857. The molecule has 1 unspecified atom stereocenters. The van der Waals surface area contributed by atoms with E-state index in [4.69, 9.17) is 9.26 Å². The van der Waals surface area contributed by atoms with Crippen molar-refractivity contribution in [1.82, 2.24) is 10.1 Å². The maximum absolute atomic E-state index is 5.94. The van der Waals surface area contributed by atoms with E-state index in [9.17, 15) is 0 Å². The third kappa shape index (κ3) is 2.04. The average molecular weight is 263 g/mol. The number of aromatic nitrogens is 2. The minimum atomic E-state index is 0.0296. The Hall–Kier alpha value is -1.10. The second kappa shape index (κ2) is 4.47. The molecule has 3 fully saturated rings. The van der Waals surface area contributed by atoms with Gasteiger partial charge in [0, 0.05) is 13.1 Å². The minimum absolute atomic E-state index is 0.0296. The number of hydrogen-bond donors (Lipinski definition) is 0. The van der Waals surface area contributed by atoms with Crippen molar-refractivity contribution < 1.29 is 9.26 Å². The zero-order valence-corrected chi connectivity index (χ0v) is 11.3. The highest BCUT2D eigenvalue weighted by Gasteiger charge is 2.44. The number of anilines is 1. The highest BCUT2D eigenvalue weighted by Crippen LogP contribution is 2.50. The lowest BCUT2D eigenvalue weighted by molar-refractivity contribution is 0.0735. The molecule has 0 aromatic carbocycles. The summed E-state index contributed by atoms with van der Waals surface area (Å²) >= 11 is 0. The summed E-state index contributed by atoms with van der Waals surface area (Å²) in [5.74, 6) is 1.44. The molecule has 1 aliphatic carbocycles. The SMILES string of the molecule is C1CCN(c2noc(C3CC4(CCCC4)CO3)n2)C1. The van der Waals surface area contributed by atoms with Crippen LogP contribution in [-0.4, -0.2) is 29.8 Å². The molecule has 1 atom stereocenters. The number of rotatable bonds is 2. The molecule has 1 aromatic heterocycles. The molecule has 3 aliphatic rings. The molecule has 0 radical (unpaired) electrons. The van der Waals surface area contributed by atoms with E-state index >= 15 is 0 Å². The number of ether oxygens (including phenoxy) is 1. The first kappa shape index (κ1) is 11.7. The standard InChI is InChI=1S/C14H21N3O2/c1-2-6-14(5-1)9-11(18-10-14)12-15-13(16-19-12)17-7-3-4-8-17/h11H,1-10H2. The minimum Gasteiger partial charge on any atom is -0.368 e. The van der Waals surface area contributed by atoms with E-state index in [-0.39, 0.29) is 6.10 Å². The van der Waals surface area contributed by atoms with Gasteiger partial charge in [-0.2, -0.15) is 4.98 Å². The molecule has 0 bridgehead atoms. The van der Waals surface area contributed by atoms with Crippen LogP contribution in [0.4, 0.5) is 5.95 Å². The zero-order valence-electron chi connectivity index (χ0n) is 11.3. The van der Waals surface area contributed by atoms with Crippen molar-refractivity contribution in [3.63, 3.8) is 0 Å². The highest BCUT2D eigenvalue weighted by molar-refractivity contribution is 5.29. The van der Waals surface area contributed by atoms with E-state index in [0.29, 0.717) is 11.3 Å². The van der Waals surface area contributed by atoms with Crippen LogP contribution in [0.3, 0.4) is 0 Å². The van der Waals surface area contributed by atoms with Crippen molar-refractivity contribution in [3.05, 3.63) is 5.89 Å². The first-order valence-corrected chi connectivity index (χ1v) is 7.55. The van der Waals surface area contributed by atoms with Gasteiger partial charge in [0.25, 0.3) is 11.8 Å². The summed E-state index contributed by atoms with van der Waals surface area (Å²) in [5.41, 5.74) is 0.410. The van der Waals surface area contributed by atoms with Gasteiger partial charge in [-0.15, -0.1) is 0 Å². The predicted octanol–water partition coefficient (Wildman–Crippen LogP) is 2.69. The van der Waals surface area contributed by atoms with Gasteiger partial charge in [-0.3, -0.25) is 0 Å². The Morgan fingerprint density at radius 1 is 1.11 bits per heavy atom. The molecule has 0 N–H and O–H groups in total. The second-order valence-corrected chi connectivity index (χ2v) is 6.34. The van der Waals surface area contributed by atoms with Crippen LogP contribution in [0, 0.1) is 5.41 Å². The summed E-state index contributed by atoms with van der Waals surface area (Å²) in [4.78, 5) is 6.75. The van der Waals surface area contributed by atoms with Crippen LogP contribution >= 0.6 is 0 Å². The molecule has 2 saturated heterocycles. The quantitative estimate of drug-likeness (QED) is 0.821. The smallest absolute Gasteiger partial charge is 0.266 e. The van der Waals surface area contributed by atoms with Crippen LogP contribution in [0.2, 0.25) is 0 Å². The molecular formula is C14H21N3O2. The monoisotopic (exact) mass is 263 g/mol. The largest absolute Gasteiger partial charge is 0.368 e. The van der Waals surface area contributed by atoms with E-state index in [1.807, 2.05) is 0 Å². The van der Waals surface area contributed by atoms with Gasteiger partial charge in [0.05, 0.1) is 6.61 Å². The summed E-state index contributed by atoms with van der Waals surface area (Å²) in [7, 11) is 0. The summed E-state index contributed by atoms with van der Waals surface area (Å²) in [6.07, 6.45) is 8.85. The van der Waals surface area contributed by atoms with Crippen LogP contribution in [0.25, 0.3) is 0 Å². The Morgan fingerprint density at radius 3 is 2.68 bits per heavy atom. The van der Waals surface area contributed by atoms with Crippen molar-refractivity contribution >= 4 is 5.95 Å². The van der Waals surface area contributed by atoms with Gasteiger partial charge in [0.2, 0.25) is 0 Å². The summed E-state index contributed by atoms with van der Waals surface area (Å²) in [5, 5.41) is 4.12. The van der Waals surface area contributed by atoms with E-state index in [1.54, 1.807) is 0 Å². The van der Waals surface area contributed by atoms with E-state index < -0.39 is 0 Å². The third-order valence-corrected chi connectivity index (χ3v) is 4.97. The number of hydrogen-bond acceptors (Lipinski definition) is 5. The molecule has 3 heterocycles. The van der Waals surface area contributed by atoms with Crippen LogP contribution in [0.15, 0.2) is 4.52 Å². The van der Waals surface area contributed by atoms with Gasteiger partial charge >= 0.3 is 0 Å². The lowest BCUT2D eigenvalue weighted by Gasteiger charge is -2.19. The molecule has 4 rings (SSSR count). The van der Waals surface area contributed by atoms with Gasteiger partial charge < -0.3 is 14.2 Å². The first-order chi connectivity index (χ1) is 9.35. The number of nitrogens with zero attached hydrogens (tertiary/aromatic N) is 3. The van der Waals surface area contributed by atoms with Gasteiger partial charge in [-0.1, -0.05) is 12.8 Å².